The Labute approximate surface area is 182 Å². The molecule has 1 aliphatic rings. The second-order valence-electron chi connectivity index (χ2n) is 7.39. The third-order valence-electron chi connectivity index (χ3n) is 5.17. The number of carbonyl (C=O) groups is 2. The number of hydrogen-bond acceptors (Lipinski definition) is 6. The first-order chi connectivity index (χ1) is 14.9. The molecule has 2 amide bonds. The quantitative estimate of drug-likeness (QED) is 0.704. The van der Waals surface area contributed by atoms with Gasteiger partial charge in [-0.25, -0.2) is 5.01 Å². The average molecular weight is 425 g/mol. The van der Waals surface area contributed by atoms with Crippen LogP contribution in [0.1, 0.15) is 24.4 Å². The lowest BCUT2D eigenvalue weighted by atomic mass is 10.0. The summed E-state index contributed by atoms with van der Waals surface area (Å²) in [5, 5.41) is 8.58. The van der Waals surface area contributed by atoms with Gasteiger partial charge in [0.25, 0.3) is 5.91 Å². The molecule has 1 unspecified atom stereocenters. The van der Waals surface area contributed by atoms with Gasteiger partial charge in [0, 0.05) is 19.4 Å². The molecule has 0 spiro atoms. The van der Waals surface area contributed by atoms with Crippen molar-refractivity contribution in [1.82, 2.24) is 10.2 Å². The second kappa shape index (κ2) is 10.1. The fraction of sp³-hybridized carbons (Fsp3) is 0.348. The highest BCUT2D eigenvalue weighted by Gasteiger charge is 2.26. The number of methoxy groups -OCH3 is 2. The van der Waals surface area contributed by atoms with Crippen LogP contribution in [0.15, 0.2) is 53.6 Å². The summed E-state index contributed by atoms with van der Waals surface area (Å²) in [4.78, 5) is 27.1. The molecule has 0 radical (unpaired) electrons. The summed E-state index contributed by atoms with van der Waals surface area (Å²) in [6.45, 7) is 0.375. The predicted molar refractivity (Wildman–Crippen MR) is 120 cm³/mol. The summed E-state index contributed by atoms with van der Waals surface area (Å²) in [6, 6.07) is 14.7. The summed E-state index contributed by atoms with van der Waals surface area (Å²) < 4.78 is 10.7. The van der Waals surface area contributed by atoms with Gasteiger partial charge in [-0.3, -0.25) is 9.59 Å². The van der Waals surface area contributed by atoms with Crippen LogP contribution in [0.4, 0.5) is 5.69 Å². The van der Waals surface area contributed by atoms with Crippen LogP contribution in [0.2, 0.25) is 0 Å². The minimum atomic E-state index is -0.277. The van der Waals surface area contributed by atoms with Gasteiger partial charge in [0.05, 0.1) is 25.9 Å². The molecule has 164 valence electrons. The number of anilines is 1. The highest BCUT2D eigenvalue weighted by molar-refractivity contribution is 6.40. The van der Waals surface area contributed by atoms with Crippen molar-refractivity contribution < 1.29 is 19.1 Å². The van der Waals surface area contributed by atoms with Crippen molar-refractivity contribution in [3.8, 4) is 11.5 Å². The highest BCUT2D eigenvalue weighted by atomic mass is 16.5. The molecule has 0 saturated carbocycles. The predicted octanol–water partition coefficient (Wildman–Crippen LogP) is 2.61. The van der Waals surface area contributed by atoms with Crippen molar-refractivity contribution in [1.29, 1.82) is 0 Å². The van der Waals surface area contributed by atoms with Gasteiger partial charge in [-0.05, 0) is 43.9 Å². The first-order valence-corrected chi connectivity index (χ1v) is 10.1. The number of hydrogen-bond donors (Lipinski definition) is 1. The van der Waals surface area contributed by atoms with Gasteiger partial charge >= 0.3 is 0 Å². The molecule has 2 aromatic rings. The van der Waals surface area contributed by atoms with E-state index in [1.165, 1.54) is 5.01 Å². The Balaban J connectivity index is 1.74. The van der Waals surface area contributed by atoms with E-state index in [0.717, 1.165) is 5.56 Å². The molecule has 0 fully saturated rings. The number of hydrazone groups is 1. The van der Waals surface area contributed by atoms with Crippen molar-refractivity contribution in [2.24, 2.45) is 5.10 Å². The van der Waals surface area contributed by atoms with Crippen LogP contribution in [0, 0.1) is 0 Å². The minimum Gasteiger partial charge on any atom is -0.493 e. The van der Waals surface area contributed by atoms with E-state index < -0.39 is 0 Å². The van der Waals surface area contributed by atoms with Crippen molar-refractivity contribution in [2.45, 2.75) is 18.9 Å². The smallest absolute Gasteiger partial charge is 0.267 e. The zero-order chi connectivity index (χ0) is 22.4. The van der Waals surface area contributed by atoms with Crippen LogP contribution >= 0.6 is 0 Å². The number of likely N-dealkylation sites (N-methyl/N-ethyl adjacent to an activating group) is 1. The molecule has 0 aliphatic carbocycles. The van der Waals surface area contributed by atoms with Crippen LogP contribution in [0.3, 0.4) is 0 Å². The summed E-state index contributed by atoms with van der Waals surface area (Å²) in [7, 11) is 7.08. The van der Waals surface area contributed by atoms with E-state index in [4.69, 9.17) is 9.47 Å². The molecule has 0 aromatic heterocycles. The summed E-state index contributed by atoms with van der Waals surface area (Å²) in [5.41, 5.74) is 1.97. The first kappa shape index (κ1) is 22.3. The van der Waals surface area contributed by atoms with Crippen molar-refractivity contribution in [3.63, 3.8) is 0 Å². The molecule has 31 heavy (non-hydrogen) atoms. The van der Waals surface area contributed by atoms with Crippen LogP contribution in [0.25, 0.3) is 0 Å². The molecule has 1 heterocycles. The molecule has 8 heteroatoms. The molecule has 1 atom stereocenters. The molecule has 1 N–H and O–H groups in total. The fourth-order valence-corrected chi connectivity index (χ4v) is 3.44. The molecule has 3 rings (SSSR count). The van der Waals surface area contributed by atoms with Crippen molar-refractivity contribution in [2.75, 3.05) is 39.9 Å². The monoisotopic (exact) mass is 424 g/mol. The lowest BCUT2D eigenvalue weighted by Gasteiger charge is -2.27. The standard InChI is InChI=1S/C23H28N4O4/c1-26(2)19(16-10-12-20(30-3)21(14-16)31-4)15-24-23(29)18-11-13-22(28)27(25-18)17-8-6-5-7-9-17/h5-10,12,14,19H,11,13,15H2,1-4H3,(H,24,29). The van der Waals surface area contributed by atoms with Crippen LogP contribution in [-0.2, 0) is 9.59 Å². The van der Waals surface area contributed by atoms with Crippen LogP contribution in [-0.4, -0.2) is 57.3 Å². The topological polar surface area (TPSA) is 83.5 Å². The van der Waals surface area contributed by atoms with E-state index in [-0.39, 0.29) is 24.3 Å². The maximum absolute atomic E-state index is 12.8. The molecule has 0 bridgehead atoms. The third kappa shape index (κ3) is 5.21. The van der Waals surface area contributed by atoms with Gasteiger partial charge in [0.15, 0.2) is 11.5 Å². The van der Waals surface area contributed by atoms with Gasteiger partial charge in [0.2, 0.25) is 5.91 Å². The maximum Gasteiger partial charge on any atom is 0.267 e. The second-order valence-corrected chi connectivity index (χ2v) is 7.39. The van der Waals surface area contributed by atoms with Crippen molar-refractivity contribution in [3.05, 3.63) is 54.1 Å². The van der Waals surface area contributed by atoms with E-state index in [1.54, 1.807) is 26.4 Å². The largest absolute Gasteiger partial charge is 0.493 e. The number of benzene rings is 2. The molecule has 0 saturated heterocycles. The number of rotatable bonds is 8. The van der Waals surface area contributed by atoms with Crippen LogP contribution in [0.5, 0.6) is 11.5 Å². The van der Waals surface area contributed by atoms with Crippen molar-refractivity contribution >= 4 is 23.2 Å². The zero-order valence-electron chi connectivity index (χ0n) is 18.3. The van der Waals surface area contributed by atoms with Crippen LogP contribution < -0.4 is 19.8 Å². The Morgan fingerprint density at radius 2 is 1.81 bits per heavy atom. The highest BCUT2D eigenvalue weighted by Crippen LogP contribution is 2.31. The third-order valence-corrected chi connectivity index (χ3v) is 5.17. The Hall–Kier alpha value is -3.39. The lowest BCUT2D eigenvalue weighted by molar-refractivity contribution is -0.119. The Morgan fingerprint density at radius 1 is 1.10 bits per heavy atom. The van der Waals surface area contributed by atoms with Gasteiger partial charge in [0.1, 0.15) is 5.71 Å². The van der Waals surface area contributed by atoms with Gasteiger partial charge in [-0.15, -0.1) is 0 Å². The zero-order valence-corrected chi connectivity index (χ0v) is 18.3. The maximum atomic E-state index is 12.8. The van der Waals surface area contributed by atoms with Gasteiger partial charge < -0.3 is 19.7 Å². The van der Waals surface area contributed by atoms with E-state index in [1.807, 2.05) is 55.4 Å². The molecular weight excluding hydrogens is 396 g/mol. The normalized spacial score (nSPS) is 14.8. The molecular formula is C23H28N4O4. The SMILES string of the molecule is COc1ccc(C(CNC(=O)C2=NN(c3ccccc3)C(=O)CC2)N(C)C)cc1OC. The molecule has 8 nitrogen and oxygen atoms in total. The Kier molecular flexibility index (Phi) is 7.25. The summed E-state index contributed by atoms with van der Waals surface area (Å²) in [5.74, 6) is 0.877. The van der Waals surface area contributed by atoms with Gasteiger partial charge in [-0.2, -0.15) is 5.10 Å². The number of nitrogens with zero attached hydrogens (tertiary/aromatic N) is 3. The number of carbonyl (C=O) groups excluding carboxylic acids is 2. The average Bonchev–Trinajstić information content (AvgIpc) is 2.79. The van der Waals surface area contributed by atoms with E-state index in [9.17, 15) is 9.59 Å². The Bertz CT molecular complexity index is 959. The minimum absolute atomic E-state index is 0.0835. The van der Waals surface area contributed by atoms with E-state index >= 15 is 0 Å². The molecule has 2 aromatic carbocycles. The number of para-hydroxylation sites is 1. The number of amides is 2. The summed E-state index contributed by atoms with van der Waals surface area (Å²) in [6.07, 6.45) is 0.560. The van der Waals surface area contributed by atoms with E-state index in [2.05, 4.69) is 10.4 Å². The Morgan fingerprint density at radius 3 is 2.45 bits per heavy atom. The van der Waals surface area contributed by atoms with E-state index in [0.29, 0.717) is 35.9 Å². The number of nitrogens with one attached hydrogen (secondary N) is 1. The van der Waals surface area contributed by atoms with Gasteiger partial charge in [-0.1, -0.05) is 24.3 Å². The fourth-order valence-electron chi connectivity index (χ4n) is 3.44. The lowest BCUT2D eigenvalue weighted by Crippen LogP contribution is -2.41. The molecule has 1 aliphatic heterocycles. The first-order valence-electron chi connectivity index (χ1n) is 10.1. The summed E-state index contributed by atoms with van der Waals surface area (Å²) >= 11 is 0. The number of ether oxygens (including phenoxy) is 2.